The van der Waals surface area contributed by atoms with Crippen molar-refractivity contribution < 1.29 is 4.74 Å². The van der Waals surface area contributed by atoms with E-state index in [1.807, 2.05) is 17.1 Å². The van der Waals surface area contributed by atoms with Gasteiger partial charge >= 0.3 is 0 Å². The zero-order valence-corrected chi connectivity index (χ0v) is 17.2. The maximum atomic E-state index is 5.72. The molecular formula is C21H21N3OS2. The zero-order chi connectivity index (χ0) is 18.6. The van der Waals surface area contributed by atoms with Gasteiger partial charge in [0.15, 0.2) is 0 Å². The minimum absolute atomic E-state index is 0.0379. The fourth-order valence-electron chi connectivity index (χ4n) is 4.43. The highest BCUT2D eigenvalue weighted by molar-refractivity contribution is 7.99. The highest BCUT2D eigenvalue weighted by Gasteiger charge is 2.46. The van der Waals surface area contributed by atoms with E-state index >= 15 is 0 Å². The Morgan fingerprint density at radius 2 is 2.11 bits per heavy atom. The summed E-state index contributed by atoms with van der Waals surface area (Å²) in [5.74, 6) is 2.54. The van der Waals surface area contributed by atoms with Crippen LogP contribution < -0.4 is 10.1 Å². The molecule has 0 unspecified atom stereocenters. The van der Waals surface area contributed by atoms with Gasteiger partial charge in [-0.05, 0) is 46.8 Å². The minimum Gasteiger partial charge on any atom is -0.496 e. The first kappa shape index (κ1) is 17.1. The summed E-state index contributed by atoms with van der Waals surface area (Å²) in [6.07, 6.45) is 0. The number of nitrogens with zero attached hydrogens (tertiary/aromatic N) is 2. The number of aromatic nitrogens is 2. The molecule has 0 aliphatic carbocycles. The molecule has 3 aromatic rings. The molecule has 0 saturated heterocycles. The quantitative estimate of drug-likeness (QED) is 0.631. The predicted molar refractivity (Wildman–Crippen MR) is 112 cm³/mol. The van der Waals surface area contributed by atoms with Crippen LogP contribution in [0.4, 0.5) is 5.69 Å². The molecule has 0 spiro atoms. The van der Waals surface area contributed by atoms with Crippen molar-refractivity contribution >= 4 is 29.0 Å². The van der Waals surface area contributed by atoms with Crippen molar-refractivity contribution in [2.75, 3.05) is 18.2 Å². The number of thioether (sulfide) groups is 1. The Bertz CT molecular complexity index is 986. The van der Waals surface area contributed by atoms with Crippen LogP contribution in [-0.4, -0.2) is 22.4 Å². The number of nitrogens with one attached hydrogen (secondary N) is 1. The van der Waals surface area contributed by atoms with E-state index in [2.05, 4.69) is 65.1 Å². The van der Waals surface area contributed by atoms with Gasteiger partial charge < -0.3 is 10.1 Å². The second kappa shape index (κ2) is 6.24. The van der Waals surface area contributed by atoms with E-state index in [0.717, 1.165) is 22.8 Å². The first-order chi connectivity index (χ1) is 13.1. The van der Waals surface area contributed by atoms with Gasteiger partial charge in [0.05, 0.1) is 13.2 Å². The summed E-state index contributed by atoms with van der Waals surface area (Å²) >= 11 is 3.33. The number of fused-ring (bicyclic) bond motifs is 4. The second-order valence-corrected chi connectivity index (χ2v) is 9.36. The lowest BCUT2D eigenvalue weighted by molar-refractivity contribution is 0.286. The first-order valence-corrected chi connectivity index (χ1v) is 10.9. The number of rotatable bonds is 2. The lowest BCUT2D eigenvalue weighted by Crippen LogP contribution is -2.44. The number of benzene rings is 2. The molecule has 0 amide bonds. The van der Waals surface area contributed by atoms with E-state index in [9.17, 15) is 0 Å². The van der Waals surface area contributed by atoms with Crippen molar-refractivity contribution in [3.8, 4) is 17.0 Å². The molecule has 27 heavy (non-hydrogen) atoms. The minimum atomic E-state index is 0.0379. The van der Waals surface area contributed by atoms with Gasteiger partial charge in [0, 0.05) is 38.8 Å². The molecule has 2 aromatic carbocycles. The molecule has 6 heteroatoms. The highest BCUT2D eigenvalue weighted by atomic mass is 32.2. The van der Waals surface area contributed by atoms with Crippen LogP contribution in [0.15, 0.2) is 46.7 Å². The molecule has 1 aromatic heterocycles. The van der Waals surface area contributed by atoms with Crippen LogP contribution in [-0.2, 0) is 5.41 Å². The van der Waals surface area contributed by atoms with Crippen LogP contribution in [0, 0.1) is 5.92 Å². The average Bonchev–Trinajstić information content (AvgIpc) is 3.22. The third-order valence-corrected chi connectivity index (χ3v) is 7.68. The monoisotopic (exact) mass is 395 g/mol. The van der Waals surface area contributed by atoms with Crippen molar-refractivity contribution in [3.63, 3.8) is 0 Å². The van der Waals surface area contributed by atoms with Crippen molar-refractivity contribution in [2.24, 2.45) is 5.92 Å². The van der Waals surface area contributed by atoms with E-state index in [4.69, 9.17) is 4.74 Å². The van der Waals surface area contributed by atoms with Gasteiger partial charge in [-0.25, -0.2) is 0 Å². The van der Waals surface area contributed by atoms with Crippen LogP contribution in [0.25, 0.3) is 11.3 Å². The molecule has 0 radical (unpaired) electrons. The van der Waals surface area contributed by atoms with E-state index in [-0.39, 0.29) is 11.5 Å². The SMILES string of the molecule is COc1cccc2c1[C@H]1Nc3ccc(-c4csnn4)cc3C(C)(C)[C@H]1CS2. The number of anilines is 1. The Balaban J connectivity index is 1.64. The molecule has 2 aliphatic heterocycles. The van der Waals surface area contributed by atoms with E-state index in [1.54, 1.807) is 7.11 Å². The molecule has 2 aliphatic rings. The number of hydrogen-bond acceptors (Lipinski definition) is 6. The Morgan fingerprint density at radius 3 is 2.89 bits per heavy atom. The van der Waals surface area contributed by atoms with Crippen LogP contribution in [0.1, 0.15) is 31.0 Å². The maximum absolute atomic E-state index is 5.72. The number of methoxy groups -OCH3 is 1. The summed E-state index contributed by atoms with van der Waals surface area (Å²) in [6.45, 7) is 4.74. The van der Waals surface area contributed by atoms with Crippen LogP contribution in [0.2, 0.25) is 0 Å². The first-order valence-electron chi connectivity index (χ1n) is 9.08. The van der Waals surface area contributed by atoms with Crippen molar-refractivity contribution in [1.82, 2.24) is 9.59 Å². The molecule has 4 nitrogen and oxygen atoms in total. The fourth-order valence-corrected chi connectivity index (χ4v) is 6.42. The maximum Gasteiger partial charge on any atom is 0.125 e. The lowest BCUT2D eigenvalue weighted by atomic mass is 9.66. The molecule has 2 atom stereocenters. The Kier molecular flexibility index (Phi) is 3.95. The van der Waals surface area contributed by atoms with Gasteiger partial charge in [-0.2, -0.15) is 0 Å². The van der Waals surface area contributed by atoms with Gasteiger partial charge in [0.1, 0.15) is 11.4 Å². The molecule has 0 fully saturated rings. The summed E-state index contributed by atoms with van der Waals surface area (Å²) in [4.78, 5) is 1.33. The van der Waals surface area contributed by atoms with Crippen LogP contribution in [0.3, 0.4) is 0 Å². The van der Waals surface area contributed by atoms with Gasteiger partial charge in [-0.15, -0.1) is 16.9 Å². The third kappa shape index (κ3) is 2.57. The Labute approximate surface area is 167 Å². The largest absolute Gasteiger partial charge is 0.496 e. The fraction of sp³-hybridized carbons (Fsp3) is 0.333. The zero-order valence-electron chi connectivity index (χ0n) is 15.5. The third-order valence-electron chi connectivity index (χ3n) is 5.99. The van der Waals surface area contributed by atoms with Crippen molar-refractivity contribution in [2.45, 2.75) is 30.2 Å². The predicted octanol–water partition coefficient (Wildman–Crippen LogP) is 5.38. The molecule has 1 N–H and O–H groups in total. The molecule has 138 valence electrons. The second-order valence-electron chi connectivity index (χ2n) is 7.68. The topological polar surface area (TPSA) is 47.0 Å². The molecular weight excluding hydrogens is 374 g/mol. The molecule has 3 heterocycles. The van der Waals surface area contributed by atoms with Crippen LogP contribution >= 0.6 is 23.3 Å². The summed E-state index contributed by atoms with van der Waals surface area (Å²) in [6, 6.07) is 13.2. The van der Waals surface area contributed by atoms with Crippen LogP contribution in [0.5, 0.6) is 5.75 Å². The normalized spacial score (nSPS) is 22.2. The Hall–Kier alpha value is -2.05. The summed E-state index contributed by atoms with van der Waals surface area (Å²) in [5.41, 5.74) is 5.98. The smallest absolute Gasteiger partial charge is 0.125 e. The van der Waals surface area contributed by atoms with E-state index in [0.29, 0.717) is 5.92 Å². The highest BCUT2D eigenvalue weighted by Crippen LogP contribution is 2.56. The summed E-state index contributed by atoms with van der Waals surface area (Å²) in [5, 5.41) is 10.1. The van der Waals surface area contributed by atoms with E-state index in [1.165, 1.54) is 33.2 Å². The lowest BCUT2D eigenvalue weighted by Gasteiger charge is -2.49. The van der Waals surface area contributed by atoms with Gasteiger partial charge in [-0.1, -0.05) is 30.5 Å². The number of ether oxygens (including phenoxy) is 1. The Morgan fingerprint density at radius 1 is 1.22 bits per heavy atom. The van der Waals surface area contributed by atoms with Crippen molar-refractivity contribution in [1.29, 1.82) is 0 Å². The summed E-state index contributed by atoms with van der Waals surface area (Å²) < 4.78 is 9.73. The molecule has 0 bridgehead atoms. The number of hydrogen-bond donors (Lipinski definition) is 1. The van der Waals surface area contributed by atoms with Gasteiger partial charge in [0.2, 0.25) is 0 Å². The van der Waals surface area contributed by atoms with Gasteiger partial charge in [-0.3, -0.25) is 0 Å². The van der Waals surface area contributed by atoms with E-state index < -0.39 is 0 Å². The molecule has 5 rings (SSSR count). The summed E-state index contributed by atoms with van der Waals surface area (Å²) in [7, 11) is 1.76. The van der Waals surface area contributed by atoms with Gasteiger partial charge in [0.25, 0.3) is 0 Å². The molecule has 0 saturated carbocycles. The standard InChI is InChI=1S/C21H21N3OS2/c1-21(2)13-9-12(16-11-27-24-23-16)7-8-15(13)22-20-14(21)10-26-18-6-4-5-17(25-3)19(18)20/h4-9,11,14,20,22H,10H2,1-3H3/t14-,20-/m0/s1. The average molecular weight is 396 g/mol. The van der Waals surface area contributed by atoms with Crippen molar-refractivity contribution in [3.05, 3.63) is 52.9 Å².